The SMILES string of the molecule is C=CC(C)(CC)CNC(C)(C)C. The molecule has 0 aliphatic rings. The van der Waals surface area contributed by atoms with E-state index in [-0.39, 0.29) is 11.0 Å². The van der Waals surface area contributed by atoms with Crippen LogP contribution in [0.5, 0.6) is 0 Å². The zero-order valence-corrected chi connectivity index (χ0v) is 9.20. The summed E-state index contributed by atoms with van der Waals surface area (Å²) in [5, 5.41) is 3.49. The lowest BCUT2D eigenvalue weighted by molar-refractivity contribution is 0.317. The summed E-state index contributed by atoms with van der Waals surface area (Å²) in [6.45, 7) is 15.9. The molecule has 0 spiro atoms. The van der Waals surface area contributed by atoms with Crippen molar-refractivity contribution in [1.82, 2.24) is 5.32 Å². The van der Waals surface area contributed by atoms with Crippen molar-refractivity contribution >= 4 is 0 Å². The lowest BCUT2D eigenvalue weighted by Gasteiger charge is -2.30. The van der Waals surface area contributed by atoms with Gasteiger partial charge in [0.15, 0.2) is 0 Å². The molecule has 0 radical (unpaired) electrons. The van der Waals surface area contributed by atoms with Crippen molar-refractivity contribution in [3.63, 3.8) is 0 Å². The highest BCUT2D eigenvalue weighted by molar-refractivity contribution is 4.93. The fraction of sp³-hybridized carbons (Fsp3) is 0.818. The van der Waals surface area contributed by atoms with Crippen molar-refractivity contribution in [1.29, 1.82) is 0 Å². The number of rotatable bonds is 4. The van der Waals surface area contributed by atoms with E-state index in [1.165, 1.54) is 0 Å². The van der Waals surface area contributed by atoms with Gasteiger partial charge in [0.2, 0.25) is 0 Å². The number of nitrogens with one attached hydrogen (secondary N) is 1. The molecule has 1 heteroatoms. The molecule has 0 aromatic carbocycles. The second-order valence-corrected chi connectivity index (χ2v) is 4.82. The third-order valence-corrected chi connectivity index (χ3v) is 2.32. The molecule has 0 aromatic rings. The van der Waals surface area contributed by atoms with Crippen molar-refractivity contribution in [3.8, 4) is 0 Å². The van der Waals surface area contributed by atoms with Crippen molar-refractivity contribution in [3.05, 3.63) is 12.7 Å². The average molecular weight is 169 g/mol. The van der Waals surface area contributed by atoms with Crippen molar-refractivity contribution in [2.24, 2.45) is 5.41 Å². The van der Waals surface area contributed by atoms with Gasteiger partial charge >= 0.3 is 0 Å². The van der Waals surface area contributed by atoms with Gasteiger partial charge < -0.3 is 5.32 Å². The average Bonchev–Trinajstić information content (AvgIpc) is 1.99. The summed E-state index contributed by atoms with van der Waals surface area (Å²) >= 11 is 0. The molecular weight excluding hydrogens is 146 g/mol. The van der Waals surface area contributed by atoms with E-state index in [1.807, 2.05) is 6.08 Å². The van der Waals surface area contributed by atoms with E-state index in [1.54, 1.807) is 0 Å². The summed E-state index contributed by atoms with van der Waals surface area (Å²) in [5.41, 5.74) is 0.451. The van der Waals surface area contributed by atoms with Gasteiger partial charge in [-0.3, -0.25) is 0 Å². The molecule has 0 rings (SSSR count). The highest BCUT2D eigenvalue weighted by atomic mass is 14.9. The van der Waals surface area contributed by atoms with Gasteiger partial charge in [-0.2, -0.15) is 0 Å². The molecule has 0 fully saturated rings. The molecule has 72 valence electrons. The Bertz CT molecular complexity index is 144. The minimum atomic E-state index is 0.208. The summed E-state index contributed by atoms with van der Waals surface area (Å²) in [4.78, 5) is 0. The first-order valence-corrected chi connectivity index (χ1v) is 4.71. The summed E-state index contributed by atoms with van der Waals surface area (Å²) in [6, 6.07) is 0. The summed E-state index contributed by atoms with van der Waals surface area (Å²) in [6.07, 6.45) is 3.19. The van der Waals surface area contributed by atoms with Crippen LogP contribution in [0.15, 0.2) is 12.7 Å². The standard InChI is InChI=1S/C11H23N/c1-7-11(6,8-2)9-12-10(3,4)5/h7,12H,1,8-9H2,2-6H3. The predicted molar refractivity (Wildman–Crippen MR) is 56.4 cm³/mol. The zero-order valence-electron chi connectivity index (χ0n) is 9.20. The van der Waals surface area contributed by atoms with Crippen LogP contribution in [-0.2, 0) is 0 Å². The van der Waals surface area contributed by atoms with Gasteiger partial charge in [0.25, 0.3) is 0 Å². The molecule has 1 atom stereocenters. The largest absolute Gasteiger partial charge is 0.311 e. The smallest absolute Gasteiger partial charge is 0.00968 e. The van der Waals surface area contributed by atoms with Crippen LogP contribution in [0.4, 0.5) is 0 Å². The lowest BCUT2D eigenvalue weighted by Crippen LogP contribution is -2.42. The van der Waals surface area contributed by atoms with E-state index < -0.39 is 0 Å². The van der Waals surface area contributed by atoms with Gasteiger partial charge in [0, 0.05) is 12.1 Å². The van der Waals surface area contributed by atoms with Gasteiger partial charge in [-0.05, 0) is 32.6 Å². The molecule has 0 saturated heterocycles. The first-order chi connectivity index (χ1) is 5.33. The Morgan fingerprint density at radius 1 is 1.25 bits per heavy atom. The van der Waals surface area contributed by atoms with Gasteiger partial charge in [-0.1, -0.05) is 19.9 Å². The quantitative estimate of drug-likeness (QED) is 0.638. The summed E-state index contributed by atoms with van der Waals surface area (Å²) in [5.74, 6) is 0. The van der Waals surface area contributed by atoms with Gasteiger partial charge in [-0.15, -0.1) is 6.58 Å². The maximum absolute atomic E-state index is 3.86. The normalized spacial score (nSPS) is 17.1. The molecule has 1 N–H and O–H groups in total. The highest BCUT2D eigenvalue weighted by Gasteiger charge is 2.20. The monoisotopic (exact) mass is 169 g/mol. The third kappa shape index (κ3) is 4.55. The molecule has 1 unspecified atom stereocenters. The van der Waals surface area contributed by atoms with Crippen LogP contribution in [0.3, 0.4) is 0 Å². The minimum absolute atomic E-state index is 0.208. The molecule has 0 aliphatic carbocycles. The predicted octanol–water partition coefficient (Wildman–Crippen LogP) is 2.98. The molecule has 1 nitrogen and oxygen atoms in total. The fourth-order valence-corrected chi connectivity index (χ4v) is 0.809. The van der Waals surface area contributed by atoms with Crippen LogP contribution in [0.2, 0.25) is 0 Å². The van der Waals surface area contributed by atoms with Crippen LogP contribution in [0.25, 0.3) is 0 Å². The third-order valence-electron chi connectivity index (χ3n) is 2.32. The van der Waals surface area contributed by atoms with Gasteiger partial charge in [-0.25, -0.2) is 0 Å². The zero-order chi connectivity index (χ0) is 9.83. The Morgan fingerprint density at radius 3 is 2.00 bits per heavy atom. The van der Waals surface area contributed by atoms with Crippen LogP contribution < -0.4 is 5.32 Å². The van der Waals surface area contributed by atoms with Crippen LogP contribution in [-0.4, -0.2) is 12.1 Å². The number of hydrogen-bond donors (Lipinski definition) is 1. The van der Waals surface area contributed by atoms with Crippen LogP contribution in [0, 0.1) is 5.41 Å². The first kappa shape index (κ1) is 11.7. The maximum atomic E-state index is 3.86. The van der Waals surface area contributed by atoms with Crippen molar-refractivity contribution in [2.75, 3.05) is 6.54 Å². The van der Waals surface area contributed by atoms with Crippen LogP contribution >= 0.6 is 0 Å². The lowest BCUT2D eigenvalue weighted by atomic mass is 9.87. The molecular formula is C11H23N. The minimum Gasteiger partial charge on any atom is -0.311 e. The molecule has 0 aromatic heterocycles. The Balaban J connectivity index is 3.98. The Labute approximate surface area is 77.2 Å². The van der Waals surface area contributed by atoms with Gasteiger partial charge in [0.05, 0.1) is 0 Å². The second-order valence-electron chi connectivity index (χ2n) is 4.82. The van der Waals surface area contributed by atoms with Crippen molar-refractivity contribution in [2.45, 2.75) is 46.6 Å². The van der Waals surface area contributed by atoms with E-state index in [0.717, 1.165) is 13.0 Å². The topological polar surface area (TPSA) is 12.0 Å². The second kappa shape index (κ2) is 4.08. The first-order valence-electron chi connectivity index (χ1n) is 4.71. The Morgan fingerprint density at radius 2 is 1.75 bits per heavy atom. The Hall–Kier alpha value is -0.300. The Kier molecular flexibility index (Phi) is 3.98. The molecule has 0 saturated carbocycles. The number of hydrogen-bond acceptors (Lipinski definition) is 1. The van der Waals surface area contributed by atoms with Gasteiger partial charge in [0.1, 0.15) is 0 Å². The fourth-order valence-electron chi connectivity index (χ4n) is 0.809. The van der Waals surface area contributed by atoms with E-state index in [9.17, 15) is 0 Å². The molecule has 0 heterocycles. The maximum Gasteiger partial charge on any atom is 0.00968 e. The van der Waals surface area contributed by atoms with Crippen LogP contribution in [0.1, 0.15) is 41.0 Å². The van der Waals surface area contributed by atoms with E-state index in [2.05, 4.69) is 46.5 Å². The molecule has 0 bridgehead atoms. The summed E-state index contributed by atoms with van der Waals surface area (Å²) in [7, 11) is 0. The van der Waals surface area contributed by atoms with Crippen molar-refractivity contribution < 1.29 is 0 Å². The van der Waals surface area contributed by atoms with E-state index in [0.29, 0.717) is 0 Å². The molecule has 0 amide bonds. The molecule has 0 aliphatic heterocycles. The highest BCUT2D eigenvalue weighted by Crippen LogP contribution is 2.21. The summed E-state index contributed by atoms with van der Waals surface area (Å²) < 4.78 is 0. The van der Waals surface area contributed by atoms with E-state index >= 15 is 0 Å². The molecule has 12 heavy (non-hydrogen) atoms. The van der Waals surface area contributed by atoms with E-state index in [4.69, 9.17) is 0 Å².